The van der Waals surface area contributed by atoms with Gasteiger partial charge in [-0.3, -0.25) is 14.3 Å². The fourth-order valence-corrected chi connectivity index (χ4v) is 4.87. The lowest BCUT2D eigenvalue weighted by atomic mass is 10.1. The summed E-state index contributed by atoms with van der Waals surface area (Å²) >= 11 is 2.08. The van der Waals surface area contributed by atoms with Gasteiger partial charge in [0.25, 0.3) is 10.0 Å². The molecule has 4 aromatic rings. The van der Waals surface area contributed by atoms with Gasteiger partial charge in [-0.05, 0) is 77.2 Å². The molecule has 0 unspecified atom stereocenters. The summed E-state index contributed by atoms with van der Waals surface area (Å²) in [5.74, 6) is -0.249. The maximum atomic E-state index is 13.4. The van der Waals surface area contributed by atoms with Gasteiger partial charge in [-0.25, -0.2) is 13.2 Å². The summed E-state index contributed by atoms with van der Waals surface area (Å²) in [5.41, 5.74) is 0.343. The first-order valence-corrected chi connectivity index (χ1v) is 11.8. The molecule has 2 aromatic heterocycles. The van der Waals surface area contributed by atoms with E-state index in [1.807, 2.05) is 6.07 Å². The molecule has 0 aliphatic heterocycles. The lowest BCUT2D eigenvalue weighted by molar-refractivity contribution is 0.0697. The summed E-state index contributed by atoms with van der Waals surface area (Å²) in [6.45, 7) is 0. The Kier molecular flexibility index (Phi) is 5.98. The van der Waals surface area contributed by atoms with Gasteiger partial charge in [0.05, 0.1) is 16.1 Å². The zero-order chi connectivity index (χ0) is 22.9. The molecule has 1 N–H and O–H groups in total. The number of carboxylic acids is 1. The Bertz CT molecular complexity index is 1410. The summed E-state index contributed by atoms with van der Waals surface area (Å²) in [6.07, 6.45) is 4.34. The van der Waals surface area contributed by atoms with Crippen LogP contribution in [-0.2, 0) is 10.0 Å². The maximum Gasteiger partial charge on any atom is 0.339 e. The van der Waals surface area contributed by atoms with Crippen molar-refractivity contribution in [2.75, 3.05) is 11.4 Å². The summed E-state index contributed by atoms with van der Waals surface area (Å²) in [4.78, 5) is 19.9. The van der Waals surface area contributed by atoms with Crippen LogP contribution in [0.1, 0.15) is 10.4 Å². The number of fused-ring (bicyclic) bond motifs is 1. The van der Waals surface area contributed by atoms with Crippen LogP contribution in [0.5, 0.6) is 11.5 Å². The highest BCUT2D eigenvalue weighted by atomic mass is 127. The molecular formula is C22H16IN3O5S. The topological polar surface area (TPSA) is 110 Å². The fourth-order valence-electron chi connectivity index (χ4n) is 3.15. The summed E-state index contributed by atoms with van der Waals surface area (Å²) in [5, 5.41) is 10.1. The molecule has 0 atom stereocenters. The predicted octanol–water partition coefficient (Wildman–Crippen LogP) is 4.55. The molecule has 0 spiro atoms. The van der Waals surface area contributed by atoms with Gasteiger partial charge < -0.3 is 9.84 Å². The lowest BCUT2D eigenvalue weighted by Crippen LogP contribution is -2.28. The average Bonchev–Trinajstić information content (AvgIpc) is 2.78. The Morgan fingerprint density at radius 3 is 2.34 bits per heavy atom. The molecule has 32 heavy (non-hydrogen) atoms. The van der Waals surface area contributed by atoms with Gasteiger partial charge in [0.2, 0.25) is 0 Å². The van der Waals surface area contributed by atoms with E-state index in [2.05, 4.69) is 32.6 Å². The zero-order valence-corrected chi connectivity index (χ0v) is 19.6. The van der Waals surface area contributed by atoms with E-state index in [0.29, 0.717) is 22.4 Å². The van der Waals surface area contributed by atoms with E-state index < -0.39 is 16.0 Å². The largest absolute Gasteiger partial charge is 0.478 e. The van der Waals surface area contributed by atoms with Gasteiger partial charge in [0.15, 0.2) is 0 Å². The van der Waals surface area contributed by atoms with E-state index in [1.54, 1.807) is 36.7 Å². The van der Waals surface area contributed by atoms with Crippen molar-refractivity contribution in [2.24, 2.45) is 0 Å². The van der Waals surface area contributed by atoms with Gasteiger partial charge in [-0.1, -0.05) is 0 Å². The monoisotopic (exact) mass is 561 g/mol. The summed E-state index contributed by atoms with van der Waals surface area (Å²) in [7, 11) is -2.74. The first kappa shape index (κ1) is 22.0. The third-order valence-electron chi connectivity index (χ3n) is 4.71. The second kappa shape index (κ2) is 8.71. The quantitative estimate of drug-likeness (QED) is 0.344. The van der Waals surface area contributed by atoms with Crippen LogP contribution in [0.3, 0.4) is 0 Å². The number of carboxylic acid groups (broad SMARTS) is 1. The third-order valence-corrected chi connectivity index (χ3v) is 7.16. The minimum atomic E-state index is -4.07. The molecule has 2 heterocycles. The Morgan fingerprint density at radius 1 is 1.03 bits per heavy atom. The molecule has 0 bridgehead atoms. The number of aromatic nitrogens is 2. The molecule has 0 radical (unpaired) electrons. The van der Waals surface area contributed by atoms with E-state index in [1.165, 1.54) is 37.5 Å². The molecule has 0 aliphatic rings. The molecule has 10 heteroatoms. The number of hydrogen-bond acceptors (Lipinski definition) is 6. The Balaban J connectivity index is 1.75. The average molecular weight is 561 g/mol. The van der Waals surface area contributed by atoms with Crippen LogP contribution >= 0.6 is 22.6 Å². The second-order valence-corrected chi connectivity index (χ2v) is 9.93. The molecular weight excluding hydrogens is 545 g/mol. The number of rotatable bonds is 6. The fraction of sp³-hybridized carbons (Fsp3) is 0.0455. The zero-order valence-electron chi connectivity index (χ0n) is 16.6. The molecule has 0 amide bonds. The molecule has 0 fully saturated rings. The van der Waals surface area contributed by atoms with Crippen LogP contribution in [0.25, 0.3) is 10.9 Å². The van der Waals surface area contributed by atoms with E-state index in [4.69, 9.17) is 4.74 Å². The van der Waals surface area contributed by atoms with Crippen LogP contribution in [0, 0.1) is 3.57 Å². The molecule has 2 aromatic carbocycles. The number of anilines is 1. The van der Waals surface area contributed by atoms with Crippen LogP contribution in [-0.4, -0.2) is 36.5 Å². The van der Waals surface area contributed by atoms with Crippen LogP contribution in [0.4, 0.5) is 5.69 Å². The molecule has 8 nitrogen and oxygen atoms in total. The van der Waals surface area contributed by atoms with Gasteiger partial charge in [0.1, 0.15) is 17.1 Å². The maximum absolute atomic E-state index is 13.4. The molecule has 4 rings (SSSR count). The van der Waals surface area contributed by atoms with E-state index in [9.17, 15) is 18.3 Å². The minimum Gasteiger partial charge on any atom is -0.478 e. The van der Waals surface area contributed by atoms with Crippen LogP contribution in [0.2, 0.25) is 0 Å². The second-order valence-electron chi connectivity index (χ2n) is 6.72. The first-order chi connectivity index (χ1) is 15.3. The number of ether oxygens (including phenoxy) is 1. The standard InChI is InChI=1S/C22H16IN3O5S/c1-26(21-18-12-14(23)2-7-20(18)25-13-19(21)22(27)28)32(29,30)17-5-3-15(4-6-17)31-16-8-10-24-11-9-16/h2-13H,1H3,(H,27,28). The van der Waals surface area contributed by atoms with Crippen LogP contribution in [0.15, 0.2) is 78.1 Å². The molecule has 0 aliphatic carbocycles. The normalized spacial score (nSPS) is 11.3. The van der Waals surface area contributed by atoms with Gasteiger partial charge in [-0.15, -0.1) is 0 Å². The number of aromatic carboxylic acids is 1. The SMILES string of the molecule is CN(c1c(C(=O)O)cnc2ccc(I)cc12)S(=O)(=O)c1ccc(Oc2ccncc2)cc1. The highest BCUT2D eigenvalue weighted by Gasteiger charge is 2.27. The van der Waals surface area contributed by atoms with Crippen molar-refractivity contribution in [1.29, 1.82) is 0 Å². The summed E-state index contributed by atoms with van der Waals surface area (Å²) < 4.78 is 34.2. The molecule has 0 saturated carbocycles. The number of pyridine rings is 2. The van der Waals surface area contributed by atoms with E-state index >= 15 is 0 Å². The van der Waals surface area contributed by atoms with Crippen molar-refractivity contribution in [3.05, 3.63) is 82.3 Å². The van der Waals surface area contributed by atoms with E-state index in [-0.39, 0.29) is 16.1 Å². The van der Waals surface area contributed by atoms with Crippen molar-refractivity contribution in [3.8, 4) is 11.5 Å². The number of carbonyl (C=O) groups is 1. The Morgan fingerprint density at radius 2 is 1.69 bits per heavy atom. The number of benzene rings is 2. The van der Waals surface area contributed by atoms with Gasteiger partial charge in [0, 0.05) is 34.6 Å². The van der Waals surface area contributed by atoms with Crippen LogP contribution < -0.4 is 9.04 Å². The van der Waals surface area contributed by atoms with E-state index in [0.717, 1.165) is 7.88 Å². The number of hydrogen-bond donors (Lipinski definition) is 1. The van der Waals surface area contributed by atoms with Gasteiger partial charge in [-0.2, -0.15) is 0 Å². The number of nitrogens with zero attached hydrogens (tertiary/aromatic N) is 3. The van der Waals surface area contributed by atoms with Crippen molar-refractivity contribution in [3.63, 3.8) is 0 Å². The van der Waals surface area contributed by atoms with Gasteiger partial charge >= 0.3 is 5.97 Å². The summed E-state index contributed by atoms with van der Waals surface area (Å²) in [6, 6.07) is 14.5. The Labute approximate surface area is 197 Å². The number of sulfonamides is 1. The first-order valence-electron chi connectivity index (χ1n) is 9.26. The predicted molar refractivity (Wildman–Crippen MR) is 128 cm³/mol. The highest BCUT2D eigenvalue weighted by Crippen LogP contribution is 2.34. The Hall–Kier alpha value is -3.25. The minimum absolute atomic E-state index is 0.00555. The number of halogens is 1. The van der Waals surface area contributed by atoms with Crippen molar-refractivity contribution in [1.82, 2.24) is 9.97 Å². The molecule has 162 valence electrons. The van der Waals surface area contributed by atoms with Crippen molar-refractivity contribution in [2.45, 2.75) is 4.90 Å². The highest BCUT2D eigenvalue weighted by molar-refractivity contribution is 14.1. The molecule has 0 saturated heterocycles. The third kappa shape index (κ3) is 4.23. The smallest absolute Gasteiger partial charge is 0.339 e. The lowest BCUT2D eigenvalue weighted by Gasteiger charge is -2.23. The van der Waals surface area contributed by atoms with Crippen molar-refractivity contribution >= 4 is 55.2 Å². The van der Waals surface area contributed by atoms with Crippen molar-refractivity contribution < 1.29 is 23.1 Å².